The molecule has 1 saturated heterocycles. The average Bonchev–Trinajstić information content (AvgIpc) is 2.94. The van der Waals surface area contributed by atoms with Crippen LogP contribution in [0.1, 0.15) is 18.4 Å². The number of nitrogens with two attached hydrogens (primary N) is 1. The van der Waals surface area contributed by atoms with Crippen molar-refractivity contribution in [1.29, 1.82) is 0 Å². The number of aryl methyl sites for hydroxylation is 1. The molecule has 0 amide bonds. The Morgan fingerprint density at radius 3 is 2.71 bits per heavy atom. The van der Waals surface area contributed by atoms with Crippen molar-refractivity contribution >= 4 is 11.9 Å². The molecule has 4 N–H and O–H groups in total. The summed E-state index contributed by atoms with van der Waals surface area (Å²) in [6.07, 6.45) is 1.08. The Labute approximate surface area is 123 Å². The third kappa shape index (κ3) is 4.54. The average molecular weight is 292 g/mol. The van der Waals surface area contributed by atoms with Crippen molar-refractivity contribution in [1.82, 2.24) is 5.32 Å². The van der Waals surface area contributed by atoms with Crippen molar-refractivity contribution in [3.05, 3.63) is 35.9 Å². The second kappa shape index (κ2) is 7.19. The van der Waals surface area contributed by atoms with Crippen molar-refractivity contribution in [3.63, 3.8) is 0 Å². The second-order valence-electron chi connectivity index (χ2n) is 5.22. The van der Waals surface area contributed by atoms with Crippen LogP contribution in [0.25, 0.3) is 0 Å². The van der Waals surface area contributed by atoms with E-state index in [9.17, 15) is 9.59 Å². The predicted molar refractivity (Wildman–Crippen MR) is 76.7 cm³/mol. The summed E-state index contributed by atoms with van der Waals surface area (Å²) in [5.74, 6) is -1.40. The van der Waals surface area contributed by atoms with Gasteiger partial charge in [0.2, 0.25) is 0 Å². The summed E-state index contributed by atoms with van der Waals surface area (Å²) in [6, 6.07) is 8.44. The highest BCUT2D eigenvalue weighted by Gasteiger charge is 2.32. The number of benzene rings is 1. The quantitative estimate of drug-likeness (QED) is 0.652. The summed E-state index contributed by atoms with van der Waals surface area (Å²) >= 11 is 0. The van der Waals surface area contributed by atoms with Gasteiger partial charge in [0, 0.05) is 13.0 Å². The van der Waals surface area contributed by atoms with Crippen molar-refractivity contribution < 1.29 is 19.4 Å². The molecule has 1 aliphatic heterocycles. The van der Waals surface area contributed by atoms with Gasteiger partial charge in [0.05, 0.1) is 0 Å². The summed E-state index contributed by atoms with van der Waals surface area (Å²) in [5, 5.41) is 11.6. The van der Waals surface area contributed by atoms with E-state index in [0.29, 0.717) is 19.4 Å². The van der Waals surface area contributed by atoms with E-state index in [1.54, 1.807) is 0 Å². The van der Waals surface area contributed by atoms with Gasteiger partial charge < -0.3 is 20.9 Å². The van der Waals surface area contributed by atoms with Crippen molar-refractivity contribution in [2.24, 2.45) is 5.73 Å². The maximum atomic E-state index is 11.9. The monoisotopic (exact) mass is 292 g/mol. The number of carbonyl (C=O) groups is 2. The molecule has 1 aromatic rings. The van der Waals surface area contributed by atoms with Crippen LogP contribution >= 0.6 is 0 Å². The van der Waals surface area contributed by atoms with Crippen LogP contribution in [0.15, 0.2) is 30.3 Å². The van der Waals surface area contributed by atoms with Crippen LogP contribution in [-0.2, 0) is 20.7 Å². The minimum absolute atomic E-state index is 0.284. The van der Waals surface area contributed by atoms with E-state index in [1.165, 1.54) is 0 Å². The molecule has 1 aliphatic rings. The van der Waals surface area contributed by atoms with Gasteiger partial charge in [0.15, 0.2) is 0 Å². The van der Waals surface area contributed by atoms with Crippen LogP contribution in [0.3, 0.4) is 0 Å². The van der Waals surface area contributed by atoms with Gasteiger partial charge in [-0.25, -0.2) is 0 Å². The van der Waals surface area contributed by atoms with E-state index in [2.05, 4.69) is 5.32 Å². The zero-order chi connectivity index (χ0) is 15.2. The van der Waals surface area contributed by atoms with Gasteiger partial charge in [0.25, 0.3) is 0 Å². The van der Waals surface area contributed by atoms with Crippen LogP contribution in [0.5, 0.6) is 0 Å². The first kappa shape index (κ1) is 15.5. The molecule has 2 rings (SSSR count). The van der Waals surface area contributed by atoms with Crippen LogP contribution in [-0.4, -0.2) is 41.8 Å². The molecule has 1 unspecified atom stereocenters. The summed E-state index contributed by atoms with van der Waals surface area (Å²) in [6.45, 7) is 0.355. The summed E-state index contributed by atoms with van der Waals surface area (Å²) in [4.78, 5) is 22.7. The molecule has 0 radical (unpaired) electrons. The van der Waals surface area contributed by atoms with Gasteiger partial charge in [-0.2, -0.15) is 0 Å². The number of nitrogens with one attached hydrogen (secondary N) is 1. The number of carboxylic acids is 1. The number of hydrogen-bond acceptors (Lipinski definition) is 5. The Bertz CT molecular complexity index is 492. The van der Waals surface area contributed by atoms with Gasteiger partial charge in [-0.1, -0.05) is 30.3 Å². The molecule has 114 valence electrons. The Morgan fingerprint density at radius 1 is 1.38 bits per heavy atom. The second-order valence-corrected chi connectivity index (χ2v) is 5.22. The molecule has 0 aromatic heterocycles. The topological polar surface area (TPSA) is 102 Å². The number of rotatable bonds is 6. The lowest BCUT2D eigenvalue weighted by molar-refractivity contribution is -0.150. The minimum atomic E-state index is -0.929. The summed E-state index contributed by atoms with van der Waals surface area (Å²) in [7, 11) is 0. The lowest BCUT2D eigenvalue weighted by Crippen LogP contribution is -2.36. The van der Waals surface area contributed by atoms with Crippen LogP contribution in [0.4, 0.5) is 0 Å². The summed E-state index contributed by atoms with van der Waals surface area (Å²) in [5.41, 5.74) is 6.95. The van der Waals surface area contributed by atoms with E-state index in [4.69, 9.17) is 15.6 Å². The van der Waals surface area contributed by atoms with Gasteiger partial charge in [-0.05, 0) is 18.4 Å². The van der Waals surface area contributed by atoms with Crippen molar-refractivity contribution in [2.75, 3.05) is 6.54 Å². The van der Waals surface area contributed by atoms with Crippen LogP contribution < -0.4 is 11.1 Å². The highest BCUT2D eigenvalue weighted by Crippen LogP contribution is 2.12. The van der Waals surface area contributed by atoms with Crippen LogP contribution in [0, 0.1) is 0 Å². The normalized spacial score (nSPS) is 22.7. The number of hydrogen-bond donors (Lipinski definition) is 3. The van der Waals surface area contributed by atoms with Crippen molar-refractivity contribution in [3.8, 4) is 0 Å². The van der Waals surface area contributed by atoms with E-state index in [1.807, 2.05) is 30.3 Å². The highest BCUT2D eigenvalue weighted by atomic mass is 16.5. The molecule has 21 heavy (non-hydrogen) atoms. The molecule has 6 nitrogen and oxygen atoms in total. The highest BCUT2D eigenvalue weighted by molar-refractivity contribution is 5.76. The first-order valence-electron chi connectivity index (χ1n) is 7.02. The molecule has 0 saturated carbocycles. The van der Waals surface area contributed by atoms with Crippen molar-refractivity contribution in [2.45, 2.75) is 37.5 Å². The van der Waals surface area contributed by atoms with Gasteiger partial charge >= 0.3 is 11.9 Å². The zero-order valence-electron chi connectivity index (χ0n) is 11.7. The predicted octanol–water partition coefficient (Wildman–Crippen LogP) is 0.305. The molecular formula is C15H20N2O4. The Hall–Kier alpha value is -1.92. The van der Waals surface area contributed by atoms with E-state index >= 15 is 0 Å². The standard InChI is InChI=1S/C15H20N2O4/c16-12(7-6-10-4-2-1-3-5-10)15(20)21-11-8-13(14(18)19)17-9-11/h1-5,11-13,17H,6-9,16H2,(H,18,19)/t11-,12?,13+/m1/s1. The maximum absolute atomic E-state index is 11.9. The fraction of sp³-hybridized carbons (Fsp3) is 0.467. The Balaban J connectivity index is 1.74. The van der Waals surface area contributed by atoms with Gasteiger partial charge in [-0.15, -0.1) is 0 Å². The number of carbonyl (C=O) groups excluding carboxylic acids is 1. The lowest BCUT2D eigenvalue weighted by atomic mass is 10.1. The fourth-order valence-corrected chi connectivity index (χ4v) is 2.32. The van der Waals surface area contributed by atoms with E-state index in [-0.39, 0.29) is 6.42 Å². The third-order valence-corrected chi connectivity index (χ3v) is 3.56. The van der Waals surface area contributed by atoms with E-state index < -0.39 is 30.1 Å². The molecule has 3 atom stereocenters. The molecule has 0 spiro atoms. The number of aliphatic carboxylic acids is 1. The minimum Gasteiger partial charge on any atom is -0.480 e. The Kier molecular flexibility index (Phi) is 5.30. The fourth-order valence-electron chi connectivity index (χ4n) is 2.32. The van der Waals surface area contributed by atoms with Gasteiger partial charge in [-0.3, -0.25) is 9.59 Å². The molecule has 1 heterocycles. The maximum Gasteiger partial charge on any atom is 0.323 e. The molecule has 6 heteroatoms. The molecule has 1 aromatic carbocycles. The zero-order valence-corrected chi connectivity index (χ0v) is 11.7. The number of ether oxygens (including phenoxy) is 1. The molecule has 1 fully saturated rings. The third-order valence-electron chi connectivity index (χ3n) is 3.56. The number of carboxylic acid groups (broad SMARTS) is 1. The SMILES string of the molecule is NC(CCc1ccccc1)C(=O)O[C@H]1CN[C@H](C(=O)O)C1. The summed E-state index contributed by atoms with van der Waals surface area (Å²) < 4.78 is 5.25. The first-order valence-corrected chi connectivity index (χ1v) is 7.02. The van der Waals surface area contributed by atoms with E-state index in [0.717, 1.165) is 5.56 Å². The first-order chi connectivity index (χ1) is 10.1. The molecule has 0 aliphatic carbocycles. The lowest BCUT2D eigenvalue weighted by Gasteiger charge is -2.15. The smallest absolute Gasteiger partial charge is 0.323 e. The number of esters is 1. The molecule has 0 bridgehead atoms. The molecular weight excluding hydrogens is 272 g/mol. The largest absolute Gasteiger partial charge is 0.480 e. The Morgan fingerprint density at radius 2 is 2.10 bits per heavy atom. The van der Waals surface area contributed by atoms with Gasteiger partial charge in [0.1, 0.15) is 18.2 Å². The van der Waals surface area contributed by atoms with Crippen LogP contribution in [0.2, 0.25) is 0 Å².